The van der Waals surface area contributed by atoms with E-state index in [-0.39, 0.29) is 5.91 Å². The summed E-state index contributed by atoms with van der Waals surface area (Å²) in [7, 11) is 5.92. The summed E-state index contributed by atoms with van der Waals surface area (Å²) in [5, 5.41) is 3.35. The molecule has 0 atom stereocenters. The Balaban J connectivity index is 2.12. The molecule has 1 rings (SSSR count). The van der Waals surface area contributed by atoms with Gasteiger partial charge in [0.1, 0.15) is 0 Å². The average molecular weight is 227 g/mol. The maximum Gasteiger partial charge on any atom is 0.236 e. The van der Waals surface area contributed by atoms with E-state index in [4.69, 9.17) is 0 Å². The standard InChI is InChI=1S/C12H25N3O/c1-14(2)8-9-15(3)12(16)10-13-11-6-4-5-7-11/h11,13H,4-10H2,1-3H3. The fourth-order valence-electron chi connectivity index (χ4n) is 1.97. The minimum atomic E-state index is 0.203. The van der Waals surface area contributed by atoms with Crippen LogP contribution in [0.2, 0.25) is 0 Å². The second-order valence-electron chi connectivity index (χ2n) is 4.98. The van der Waals surface area contributed by atoms with Gasteiger partial charge in [0.15, 0.2) is 0 Å². The monoisotopic (exact) mass is 227 g/mol. The van der Waals surface area contributed by atoms with Crippen molar-refractivity contribution in [2.75, 3.05) is 40.8 Å². The summed E-state index contributed by atoms with van der Waals surface area (Å²) in [4.78, 5) is 15.7. The van der Waals surface area contributed by atoms with Gasteiger partial charge in [-0.1, -0.05) is 12.8 Å². The molecule has 16 heavy (non-hydrogen) atoms. The molecule has 0 spiro atoms. The second-order valence-corrected chi connectivity index (χ2v) is 4.98. The average Bonchev–Trinajstić information content (AvgIpc) is 2.75. The molecular formula is C12H25N3O. The first-order valence-corrected chi connectivity index (χ1v) is 6.21. The maximum atomic E-state index is 11.8. The lowest BCUT2D eigenvalue weighted by Crippen LogP contribution is -2.41. The molecular weight excluding hydrogens is 202 g/mol. The highest BCUT2D eigenvalue weighted by Gasteiger charge is 2.16. The summed E-state index contributed by atoms with van der Waals surface area (Å²) in [5.74, 6) is 0.203. The van der Waals surface area contributed by atoms with E-state index in [1.54, 1.807) is 0 Å². The predicted octanol–water partition coefficient (Wildman–Crippen LogP) is 0.539. The molecule has 1 fully saturated rings. The third-order valence-electron chi connectivity index (χ3n) is 3.21. The van der Waals surface area contributed by atoms with Gasteiger partial charge in [-0.05, 0) is 26.9 Å². The number of nitrogens with one attached hydrogen (secondary N) is 1. The van der Waals surface area contributed by atoms with Gasteiger partial charge >= 0.3 is 0 Å². The van der Waals surface area contributed by atoms with Gasteiger partial charge in [0, 0.05) is 26.2 Å². The topological polar surface area (TPSA) is 35.6 Å². The Labute approximate surface area is 99.0 Å². The molecule has 1 aliphatic rings. The smallest absolute Gasteiger partial charge is 0.236 e. The molecule has 0 aromatic rings. The molecule has 0 aromatic carbocycles. The van der Waals surface area contributed by atoms with Gasteiger partial charge in [-0.2, -0.15) is 0 Å². The fraction of sp³-hybridized carbons (Fsp3) is 0.917. The third kappa shape index (κ3) is 4.94. The lowest BCUT2D eigenvalue weighted by atomic mass is 10.2. The summed E-state index contributed by atoms with van der Waals surface area (Å²) in [6, 6.07) is 0.575. The summed E-state index contributed by atoms with van der Waals surface area (Å²) < 4.78 is 0. The number of carbonyl (C=O) groups is 1. The number of carbonyl (C=O) groups excluding carboxylic acids is 1. The summed E-state index contributed by atoms with van der Waals surface area (Å²) >= 11 is 0. The van der Waals surface area contributed by atoms with Crippen molar-refractivity contribution in [1.82, 2.24) is 15.1 Å². The SMILES string of the molecule is CN(C)CCN(C)C(=O)CNC1CCCC1. The molecule has 1 saturated carbocycles. The highest BCUT2D eigenvalue weighted by Crippen LogP contribution is 2.17. The van der Waals surface area contributed by atoms with Crippen molar-refractivity contribution in [2.24, 2.45) is 0 Å². The van der Waals surface area contributed by atoms with Crippen LogP contribution in [0.5, 0.6) is 0 Å². The molecule has 1 aliphatic carbocycles. The Morgan fingerprint density at radius 2 is 1.81 bits per heavy atom. The van der Waals surface area contributed by atoms with Crippen molar-refractivity contribution in [2.45, 2.75) is 31.7 Å². The normalized spacial score (nSPS) is 17.0. The summed E-state index contributed by atoms with van der Waals surface area (Å²) in [5.41, 5.74) is 0. The number of hydrogen-bond donors (Lipinski definition) is 1. The van der Waals surface area contributed by atoms with E-state index in [2.05, 4.69) is 10.2 Å². The molecule has 1 amide bonds. The number of rotatable bonds is 6. The zero-order chi connectivity index (χ0) is 12.0. The number of amides is 1. The van der Waals surface area contributed by atoms with Crippen LogP contribution in [0.4, 0.5) is 0 Å². The van der Waals surface area contributed by atoms with Gasteiger partial charge in [-0.3, -0.25) is 4.79 Å². The van der Waals surface area contributed by atoms with Crippen molar-refractivity contribution < 1.29 is 4.79 Å². The van der Waals surface area contributed by atoms with E-state index in [1.165, 1.54) is 25.7 Å². The molecule has 0 unspecified atom stereocenters. The van der Waals surface area contributed by atoms with Gasteiger partial charge in [-0.25, -0.2) is 0 Å². The molecule has 0 bridgehead atoms. The third-order valence-corrected chi connectivity index (χ3v) is 3.21. The van der Waals surface area contributed by atoms with Gasteiger partial charge in [0.05, 0.1) is 6.54 Å². The van der Waals surface area contributed by atoms with Gasteiger partial charge in [-0.15, -0.1) is 0 Å². The van der Waals surface area contributed by atoms with E-state index >= 15 is 0 Å². The molecule has 0 heterocycles. The van der Waals surface area contributed by atoms with E-state index < -0.39 is 0 Å². The molecule has 4 heteroatoms. The van der Waals surface area contributed by atoms with Crippen molar-refractivity contribution >= 4 is 5.91 Å². The highest BCUT2D eigenvalue weighted by molar-refractivity contribution is 5.77. The Morgan fingerprint density at radius 1 is 1.19 bits per heavy atom. The fourth-order valence-corrected chi connectivity index (χ4v) is 1.97. The van der Waals surface area contributed by atoms with Crippen LogP contribution in [0, 0.1) is 0 Å². The van der Waals surface area contributed by atoms with Crippen LogP contribution in [-0.4, -0.2) is 62.5 Å². The lowest BCUT2D eigenvalue weighted by molar-refractivity contribution is -0.129. The number of likely N-dealkylation sites (N-methyl/N-ethyl adjacent to an activating group) is 2. The van der Waals surface area contributed by atoms with Gasteiger partial charge < -0.3 is 15.1 Å². The van der Waals surface area contributed by atoms with Crippen LogP contribution in [0.1, 0.15) is 25.7 Å². The number of nitrogens with zero attached hydrogens (tertiary/aromatic N) is 2. The van der Waals surface area contributed by atoms with Crippen molar-refractivity contribution in [3.05, 3.63) is 0 Å². The van der Waals surface area contributed by atoms with Crippen LogP contribution in [0.25, 0.3) is 0 Å². The molecule has 0 aliphatic heterocycles. The quantitative estimate of drug-likeness (QED) is 0.719. The zero-order valence-electron chi connectivity index (χ0n) is 10.8. The Hall–Kier alpha value is -0.610. The second kappa shape index (κ2) is 6.86. The van der Waals surface area contributed by atoms with Crippen molar-refractivity contribution in [3.63, 3.8) is 0 Å². The van der Waals surface area contributed by atoms with Crippen LogP contribution in [0.3, 0.4) is 0 Å². The summed E-state index contributed by atoms with van der Waals surface area (Å²) in [6.07, 6.45) is 5.08. The highest BCUT2D eigenvalue weighted by atomic mass is 16.2. The molecule has 4 nitrogen and oxygen atoms in total. The lowest BCUT2D eigenvalue weighted by Gasteiger charge is -2.21. The maximum absolute atomic E-state index is 11.8. The number of hydrogen-bond acceptors (Lipinski definition) is 3. The van der Waals surface area contributed by atoms with Crippen LogP contribution < -0.4 is 5.32 Å². The van der Waals surface area contributed by atoms with Crippen LogP contribution in [0.15, 0.2) is 0 Å². The first-order valence-electron chi connectivity index (χ1n) is 6.21. The van der Waals surface area contributed by atoms with Crippen LogP contribution >= 0.6 is 0 Å². The Morgan fingerprint density at radius 3 is 2.38 bits per heavy atom. The van der Waals surface area contributed by atoms with E-state index in [0.717, 1.165) is 13.1 Å². The first-order chi connectivity index (χ1) is 7.59. The predicted molar refractivity (Wildman–Crippen MR) is 66.4 cm³/mol. The zero-order valence-corrected chi connectivity index (χ0v) is 10.8. The minimum absolute atomic E-state index is 0.203. The minimum Gasteiger partial charge on any atom is -0.343 e. The molecule has 0 saturated heterocycles. The summed E-state index contributed by atoms with van der Waals surface area (Å²) in [6.45, 7) is 2.22. The van der Waals surface area contributed by atoms with E-state index in [0.29, 0.717) is 12.6 Å². The van der Waals surface area contributed by atoms with Crippen molar-refractivity contribution in [3.8, 4) is 0 Å². The van der Waals surface area contributed by atoms with Crippen LogP contribution in [-0.2, 0) is 4.79 Å². The van der Waals surface area contributed by atoms with E-state index in [9.17, 15) is 4.79 Å². The molecule has 94 valence electrons. The van der Waals surface area contributed by atoms with Crippen molar-refractivity contribution in [1.29, 1.82) is 0 Å². The van der Waals surface area contributed by atoms with Gasteiger partial charge in [0.25, 0.3) is 0 Å². The Kier molecular flexibility index (Phi) is 5.77. The molecule has 0 aromatic heterocycles. The molecule has 1 N–H and O–H groups in total. The van der Waals surface area contributed by atoms with Gasteiger partial charge in [0.2, 0.25) is 5.91 Å². The largest absolute Gasteiger partial charge is 0.343 e. The molecule has 0 radical (unpaired) electrons. The first kappa shape index (κ1) is 13.5. The van der Waals surface area contributed by atoms with E-state index in [1.807, 2.05) is 26.0 Å². The Bertz CT molecular complexity index is 212.